The molecule has 27 heavy (non-hydrogen) atoms. The fourth-order valence-corrected chi connectivity index (χ4v) is 1.48. The van der Waals surface area contributed by atoms with Crippen LogP contribution >= 0.6 is 0 Å². The standard InChI is InChI=1S/2C7H9NO.2NO3.Ni/c2*1-6-4-3-5-7(2)8(6)9;2*2-1(3)4;/h2*3-5H,1-2H3;;;/q;;2*-1;+2. The van der Waals surface area contributed by atoms with Gasteiger partial charge in [-0.05, 0) is 12.1 Å². The average Bonchev–Trinajstić information content (AvgIpc) is 2.50. The predicted octanol–water partition coefficient (Wildman–Crippen LogP) is 1.39. The summed E-state index contributed by atoms with van der Waals surface area (Å²) in [6.07, 6.45) is 0. The summed E-state index contributed by atoms with van der Waals surface area (Å²) in [5.74, 6) is 0. The van der Waals surface area contributed by atoms with E-state index in [4.69, 9.17) is 30.6 Å². The SMILES string of the molecule is Cc1cccc(C)[n+]1[O-].Cc1cccc(C)[n+]1[O-].O=[N+]([O-])[O-].O=[N+]([O-])[O-].[Ni+2]. The molecule has 0 saturated carbocycles. The van der Waals surface area contributed by atoms with Crippen LogP contribution in [0, 0.1) is 68.8 Å². The van der Waals surface area contributed by atoms with E-state index in [0.29, 0.717) is 0 Å². The summed E-state index contributed by atoms with van der Waals surface area (Å²) in [7, 11) is 0. The van der Waals surface area contributed by atoms with Gasteiger partial charge in [-0.3, -0.25) is 0 Å². The van der Waals surface area contributed by atoms with Gasteiger partial charge in [-0.15, -0.1) is 0 Å². The fourth-order valence-electron chi connectivity index (χ4n) is 1.48. The molecule has 13 heteroatoms. The number of aromatic nitrogens is 2. The number of pyridine rings is 2. The first-order chi connectivity index (χ1) is 11.9. The van der Waals surface area contributed by atoms with E-state index in [1.165, 1.54) is 0 Å². The first kappa shape index (κ1) is 28.6. The van der Waals surface area contributed by atoms with E-state index in [1.807, 2.05) is 12.1 Å². The number of nitrogens with zero attached hydrogens (tertiary/aromatic N) is 4. The van der Waals surface area contributed by atoms with Crippen molar-refractivity contribution in [1.82, 2.24) is 0 Å². The van der Waals surface area contributed by atoms with Gasteiger partial charge in [-0.1, -0.05) is 0 Å². The molecule has 0 unspecified atom stereocenters. The molecule has 0 radical (unpaired) electrons. The van der Waals surface area contributed by atoms with E-state index in [-0.39, 0.29) is 16.5 Å². The van der Waals surface area contributed by atoms with Crippen LogP contribution in [-0.4, -0.2) is 10.2 Å². The summed E-state index contributed by atoms with van der Waals surface area (Å²) in [5.41, 5.74) is 2.98. The zero-order valence-corrected chi connectivity index (χ0v) is 15.8. The van der Waals surface area contributed by atoms with Crippen molar-refractivity contribution in [3.63, 3.8) is 0 Å². The largest absolute Gasteiger partial charge is 2.00 e. The van der Waals surface area contributed by atoms with E-state index in [2.05, 4.69) is 0 Å². The van der Waals surface area contributed by atoms with Gasteiger partial charge >= 0.3 is 16.5 Å². The van der Waals surface area contributed by atoms with Crippen LogP contribution in [0.3, 0.4) is 0 Å². The Kier molecular flexibility index (Phi) is 16.0. The van der Waals surface area contributed by atoms with Crippen molar-refractivity contribution in [2.75, 3.05) is 0 Å². The van der Waals surface area contributed by atoms with Crippen LogP contribution in [0.5, 0.6) is 0 Å². The Bertz CT molecular complexity index is 620. The molecule has 0 aliphatic heterocycles. The molecule has 2 aromatic heterocycles. The zero-order valence-electron chi connectivity index (χ0n) is 14.8. The summed E-state index contributed by atoms with van der Waals surface area (Å²) in [6.45, 7) is 7.17. The smallest absolute Gasteiger partial charge is 0.618 e. The van der Waals surface area contributed by atoms with Crippen LogP contribution in [0.2, 0.25) is 0 Å². The molecule has 0 N–H and O–H groups in total. The maximum Gasteiger partial charge on any atom is 2.00 e. The summed E-state index contributed by atoms with van der Waals surface area (Å²) >= 11 is 0. The van der Waals surface area contributed by atoms with Crippen molar-refractivity contribution in [3.05, 3.63) is 100 Å². The quantitative estimate of drug-likeness (QED) is 0.198. The molecule has 0 spiro atoms. The summed E-state index contributed by atoms with van der Waals surface area (Å²) < 4.78 is 1.83. The number of hydrogen-bond acceptors (Lipinski definition) is 8. The fraction of sp³-hybridized carbons (Fsp3) is 0.286. The van der Waals surface area contributed by atoms with Crippen molar-refractivity contribution < 1.29 is 36.1 Å². The van der Waals surface area contributed by atoms with Gasteiger partial charge in [0.05, 0.1) is 10.2 Å². The van der Waals surface area contributed by atoms with Gasteiger partial charge < -0.3 is 41.1 Å². The van der Waals surface area contributed by atoms with E-state index < -0.39 is 10.2 Å². The molecule has 0 aliphatic carbocycles. The van der Waals surface area contributed by atoms with Crippen molar-refractivity contribution in [3.8, 4) is 0 Å². The van der Waals surface area contributed by atoms with Gasteiger partial charge in [0.25, 0.3) is 0 Å². The average molecular weight is 429 g/mol. The molecule has 0 saturated heterocycles. The van der Waals surface area contributed by atoms with E-state index in [1.54, 1.807) is 52.0 Å². The zero-order chi connectivity index (χ0) is 20.9. The Morgan fingerprint density at radius 2 is 0.778 bits per heavy atom. The summed E-state index contributed by atoms with van der Waals surface area (Å²) in [6, 6.07) is 10.9. The minimum atomic E-state index is -1.75. The molecule has 152 valence electrons. The van der Waals surface area contributed by atoms with Crippen LogP contribution in [0.25, 0.3) is 0 Å². The second-order valence-electron chi connectivity index (χ2n) is 4.65. The number of hydrogen-bond donors (Lipinski definition) is 0. The Morgan fingerprint density at radius 3 is 0.889 bits per heavy atom. The van der Waals surface area contributed by atoms with Crippen LogP contribution in [0.1, 0.15) is 22.8 Å². The molecular formula is C14H18N4NiO8. The van der Waals surface area contributed by atoms with E-state index in [0.717, 1.165) is 32.2 Å². The van der Waals surface area contributed by atoms with Gasteiger partial charge in [-0.25, -0.2) is 0 Å². The maximum absolute atomic E-state index is 10.9. The number of rotatable bonds is 0. The monoisotopic (exact) mass is 428 g/mol. The predicted molar refractivity (Wildman–Crippen MR) is 90.5 cm³/mol. The van der Waals surface area contributed by atoms with Crippen LogP contribution in [-0.2, 0) is 16.5 Å². The first-order valence-electron chi connectivity index (χ1n) is 6.84. The molecule has 0 amide bonds. The molecular weight excluding hydrogens is 411 g/mol. The Labute approximate surface area is 164 Å². The number of aryl methyl sites for hydroxylation is 4. The van der Waals surface area contributed by atoms with Gasteiger partial charge in [0.1, 0.15) is 0 Å². The molecule has 0 fully saturated rings. The third kappa shape index (κ3) is 16.0. The van der Waals surface area contributed by atoms with E-state index in [9.17, 15) is 10.4 Å². The topological polar surface area (TPSA) is 186 Å². The minimum Gasteiger partial charge on any atom is -0.618 e. The summed E-state index contributed by atoms with van der Waals surface area (Å²) in [5, 5.41) is 51.3. The molecule has 12 nitrogen and oxygen atoms in total. The minimum absolute atomic E-state index is 0. The van der Waals surface area contributed by atoms with Gasteiger partial charge in [0.15, 0.2) is 22.8 Å². The maximum atomic E-state index is 10.9. The van der Waals surface area contributed by atoms with Crippen molar-refractivity contribution in [2.45, 2.75) is 27.7 Å². The van der Waals surface area contributed by atoms with Crippen LogP contribution in [0.4, 0.5) is 0 Å². The van der Waals surface area contributed by atoms with Crippen LogP contribution < -0.4 is 9.46 Å². The van der Waals surface area contributed by atoms with Crippen molar-refractivity contribution >= 4 is 0 Å². The third-order valence-corrected chi connectivity index (χ3v) is 2.63. The second-order valence-corrected chi connectivity index (χ2v) is 4.65. The van der Waals surface area contributed by atoms with E-state index >= 15 is 0 Å². The molecule has 2 heterocycles. The normalized spacial score (nSPS) is 8.15. The van der Waals surface area contributed by atoms with Crippen molar-refractivity contribution in [1.29, 1.82) is 0 Å². The third-order valence-electron chi connectivity index (χ3n) is 2.63. The first-order valence-corrected chi connectivity index (χ1v) is 6.84. The second kappa shape index (κ2) is 15.1. The van der Waals surface area contributed by atoms with Gasteiger partial charge in [-0.2, -0.15) is 9.46 Å². The Hall–Kier alpha value is -3.21. The van der Waals surface area contributed by atoms with Gasteiger partial charge in [0, 0.05) is 52.0 Å². The Morgan fingerprint density at radius 1 is 0.630 bits per heavy atom. The molecule has 0 atom stereocenters. The van der Waals surface area contributed by atoms with Crippen LogP contribution in [0.15, 0.2) is 36.4 Å². The molecule has 0 aliphatic rings. The molecule has 0 bridgehead atoms. The molecule has 2 aromatic rings. The molecule has 2 rings (SSSR count). The molecule has 0 aromatic carbocycles. The summed E-state index contributed by atoms with van der Waals surface area (Å²) in [4.78, 5) is 16.5. The van der Waals surface area contributed by atoms with Gasteiger partial charge in [0.2, 0.25) is 0 Å². The van der Waals surface area contributed by atoms with Crippen molar-refractivity contribution in [2.24, 2.45) is 0 Å². The Balaban J connectivity index is -0.000000303.